The standard InChI is InChI=1S/C7H14O6/c1-13-7(5(11)3-9)6(12)4(10)2-8/h3-8,10-12H,2H2,1H3/t4-,5-,6-,7-/m1/s1. The fourth-order valence-corrected chi connectivity index (χ4v) is 0.885. The Balaban J connectivity index is 4.29. The fourth-order valence-electron chi connectivity index (χ4n) is 0.885. The molecule has 4 N–H and O–H groups in total. The van der Waals surface area contributed by atoms with Crippen LogP contribution in [0.4, 0.5) is 0 Å². The van der Waals surface area contributed by atoms with Gasteiger partial charge in [0.15, 0.2) is 6.29 Å². The van der Waals surface area contributed by atoms with Crippen molar-refractivity contribution >= 4 is 6.29 Å². The number of carbonyl (C=O) groups is 1. The summed E-state index contributed by atoms with van der Waals surface area (Å²) in [7, 11) is 1.17. The van der Waals surface area contributed by atoms with E-state index >= 15 is 0 Å². The van der Waals surface area contributed by atoms with Crippen LogP contribution in [0.25, 0.3) is 0 Å². The van der Waals surface area contributed by atoms with Crippen LogP contribution in [0, 0.1) is 0 Å². The van der Waals surface area contributed by atoms with E-state index < -0.39 is 31.0 Å². The second-order valence-electron chi connectivity index (χ2n) is 2.57. The maximum Gasteiger partial charge on any atom is 0.151 e. The summed E-state index contributed by atoms with van der Waals surface area (Å²) in [5, 5.41) is 35.6. The molecule has 0 bridgehead atoms. The number of aliphatic hydroxyl groups excluding tert-OH is 4. The smallest absolute Gasteiger partial charge is 0.151 e. The Morgan fingerprint density at radius 1 is 1.38 bits per heavy atom. The lowest BCUT2D eigenvalue weighted by Gasteiger charge is -2.25. The topological polar surface area (TPSA) is 107 Å². The Bertz CT molecular complexity index is 150. The molecule has 0 amide bonds. The van der Waals surface area contributed by atoms with Crippen LogP contribution in [0.15, 0.2) is 0 Å². The Kier molecular flexibility index (Phi) is 5.76. The van der Waals surface area contributed by atoms with Gasteiger partial charge in [0.1, 0.15) is 24.4 Å². The zero-order chi connectivity index (χ0) is 10.4. The molecule has 78 valence electrons. The summed E-state index contributed by atoms with van der Waals surface area (Å²) >= 11 is 0. The van der Waals surface area contributed by atoms with E-state index in [0.717, 1.165) is 0 Å². The second kappa shape index (κ2) is 6.01. The van der Waals surface area contributed by atoms with E-state index in [9.17, 15) is 9.90 Å². The van der Waals surface area contributed by atoms with Gasteiger partial charge in [0.05, 0.1) is 6.61 Å². The molecule has 0 aromatic carbocycles. The zero-order valence-electron chi connectivity index (χ0n) is 7.20. The third kappa shape index (κ3) is 3.37. The second-order valence-corrected chi connectivity index (χ2v) is 2.57. The van der Waals surface area contributed by atoms with E-state index in [-0.39, 0.29) is 6.29 Å². The highest BCUT2D eigenvalue weighted by Gasteiger charge is 2.31. The Hall–Kier alpha value is -0.530. The van der Waals surface area contributed by atoms with Gasteiger partial charge in [0, 0.05) is 7.11 Å². The molecular formula is C7H14O6. The third-order valence-electron chi connectivity index (χ3n) is 1.67. The molecule has 13 heavy (non-hydrogen) atoms. The van der Waals surface area contributed by atoms with Crippen molar-refractivity contribution in [1.29, 1.82) is 0 Å². The van der Waals surface area contributed by atoms with Gasteiger partial charge in [-0.2, -0.15) is 0 Å². The van der Waals surface area contributed by atoms with Gasteiger partial charge in [-0.05, 0) is 0 Å². The van der Waals surface area contributed by atoms with Gasteiger partial charge in [-0.25, -0.2) is 0 Å². The lowest BCUT2D eigenvalue weighted by Crippen LogP contribution is -2.47. The van der Waals surface area contributed by atoms with Crippen molar-refractivity contribution in [3.05, 3.63) is 0 Å². The van der Waals surface area contributed by atoms with E-state index in [0.29, 0.717) is 0 Å². The van der Waals surface area contributed by atoms with Crippen molar-refractivity contribution in [1.82, 2.24) is 0 Å². The first-order valence-electron chi connectivity index (χ1n) is 3.71. The molecule has 0 rings (SSSR count). The third-order valence-corrected chi connectivity index (χ3v) is 1.67. The molecule has 0 aliphatic carbocycles. The molecule has 0 aliphatic rings. The fraction of sp³-hybridized carbons (Fsp3) is 0.857. The highest BCUT2D eigenvalue weighted by Crippen LogP contribution is 2.07. The van der Waals surface area contributed by atoms with Gasteiger partial charge < -0.3 is 30.0 Å². The lowest BCUT2D eigenvalue weighted by atomic mass is 10.0. The zero-order valence-corrected chi connectivity index (χ0v) is 7.20. The highest BCUT2D eigenvalue weighted by atomic mass is 16.5. The molecule has 0 aromatic rings. The molecule has 6 nitrogen and oxygen atoms in total. The van der Waals surface area contributed by atoms with Crippen LogP contribution in [0.5, 0.6) is 0 Å². The summed E-state index contributed by atoms with van der Waals surface area (Å²) in [6.07, 6.45) is -5.53. The van der Waals surface area contributed by atoms with Gasteiger partial charge in [-0.3, -0.25) is 0 Å². The summed E-state index contributed by atoms with van der Waals surface area (Å²) in [4.78, 5) is 10.1. The number of aldehydes is 1. The molecule has 0 aromatic heterocycles. The van der Waals surface area contributed by atoms with E-state index in [1.165, 1.54) is 7.11 Å². The molecule has 0 heterocycles. The molecule has 0 spiro atoms. The Labute approximate surface area is 75.4 Å². The number of ether oxygens (including phenoxy) is 1. The van der Waals surface area contributed by atoms with Crippen LogP contribution in [0.1, 0.15) is 0 Å². The van der Waals surface area contributed by atoms with Crippen LogP contribution in [-0.4, -0.2) is 64.8 Å². The van der Waals surface area contributed by atoms with Crippen LogP contribution in [0.3, 0.4) is 0 Å². The van der Waals surface area contributed by atoms with Crippen molar-refractivity contribution in [2.75, 3.05) is 13.7 Å². The normalized spacial score (nSPS) is 20.4. The highest BCUT2D eigenvalue weighted by molar-refractivity contribution is 5.56. The molecule has 4 atom stereocenters. The average molecular weight is 194 g/mol. The number of hydrogen-bond donors (Lipinski definition) is 4. The van der Waals surface area contributed by atoms with Crippen molar-refractivity contribution in [3.63, 3.8) is 0 Å². The first-order chi connectivity index (χ1) is 6.08. The molecular weight excluding hydrogens is 180 g/mol. The number of carbonyl (C=O) groups excluding carboxylic acids is 1. The summed E-state index contributed by atoms with van der Waals surface area (Å²) in [5.74, 6) is 0. The predicted octanol–water partition coefficient (Wildman–Crippen LogP) is -2.72. The van der Waals surface area contributed by atoms with Gasteiger partial charge in [0.2, 0.25) is 0 Å². The van der Waals surface area contributed by atoms with Crippen molar-refractivity contribution < 1.29 is 30.0 Å². The minimum absolute atomic E-state index is 0.182. The van der Waals surface area contributed by atoms with Crippen molar-refractivity contribution in [2.24, 2.45) is 0 Å². The Morgan fingerprint density at radius 3 is 2.23 bits per heavy atom. The van der Waals surface area contributed by atoms with Gasteiger partial charge in [0.25, 0.3) is 0 Å². The first-order valence-corrected chi connectivity index (χ1v) is 3.71. The van der Waals surface area contributed by atoms with E-state index in [1.807, 2.05) is 0 Å². The molecule has 0 unspecified atom stereocenters. The molecule has 0 fully saturated rings. The monoisotopic (exact) mass is 194 g/mol. The Morgan fingerprint density at radius 2 is 1.92 bits per heavy atom. The minimum atomic E-state index is -1.53. The average Bonchev–Trinajstić information content (AvgIpc) is 2.17. The summed E-state index contributed by atoms with van der Waals surface area (Å²) in [5.41, 5.74) is 0. The number of rotatable bonds is 6. The predicted molar refractivity (Wildman–Crippen MR) is 42.0 cm³/mol. The van der Waals surface area contributed by atoms with E-state index in [4.69, 9.17) is 15.3 Å². The summed E-state index contributed by atoms with van der Waals surface area (Å²) in [6.45, 7) is -0.674. The van der Waals surface area contributed by atoms with Crippen LogP contribution >= 0.6 is 0 Å². The van der Waals surface area contributed by atoms with Crippen molar-refractivity contribution in [3.8, 4) is 0 Å². The largest absolute Gasteiger partial charge is 0.394 e. The maximum atomic E-state index is 10.1. The molecule has 6 heteroatoms. The first kappa shape index (κ1) is 12.5. The maximum absolute atomic E-state index is 10.1. The molecule has 0 aliphatic heterocycles. The van der Waals surface area contributed by atoms with E-state index in [1.54, 1.807) is 0 Å². The number of hydrogen-bond acceptors (Lipinski definition) is 6. The van der Waals surface area contributed by atoms with E-state index in [2.05, 4.69) is 4.74 Å². The quantitative estimate of drug-likeness (QED) is 0.342. The molecule has 0 radical (unpaired) electrons. The molecule has 0 saturated carbocycles. The van der Waals surface area contributed by atoms with Crippen LogP contribution in [0.2, 0.25) is 0 Å². The number of methoxy groups -OCH3 is 1. The summed E-state index contributed by atoms with van der Waals surface area (Å²) in [6, 6.07) is 0. The van der Waals surface area contributed by atoms with Gasteiger partial charge >= 0.3 is 0 Å². The van der Waals surface area contributed by atoms with Gasteiger partial charge in [-0.15, -0.1) is 0 Å². The van der Waals surface area contributed by atoms with Crippen molar-refractivity contribution in [2.45, 2.75) is 24.4 Å². The van der Waals surface area contributed by atoms with Gasteiger partial charge in [-0.1, -0.05) is 0 Å². The van der Waals surface area contributed by atoms with Crippen LogP contribution < -0.4 is 0 Å². The number of aliphatic hydroxyl groups is 4. The SMILES string of the molecule is CO[C@@H]([C@H](O)[C@H](O)CO)[C@H](O)C=O. The molecule has 0 saturated heterocycles. The lowest BCUT2D eigenvalue weighted by molar-refractivity contribution is -0.143. The summed E-state index contributed by atoms with van der Waals surface area (Å²) < 4.78 is 4.59. The minimum Gasteiger partial charge on any atom is -0.394 e. The van der Waals surface area contributed by atoms with Crippen LogP contribution in [-0.2, 0) is 9.53 Å².